The lowest BCUT2D eigenvalue weighted by Gasteiger charge is -2.26. The first kappa shape index (κ1) is 14.3. The van der Waals surface area contributed by atoms with E-state index in [0.29, 0.717) is 18.1 Å². The molecule has 2 atom stereocenters. The Kier molecular flexibility index (Phi) is 4.67. The monoisotopic (exact) mass is 274 g/mol. The van der Waals surface area contributed by atoms with Crippen molar-refractivity contribution < 1.29 is 8.42 Å². The molecule has 18 heavy (non-hydrogen) atoms. The molecule has 2 saturated heterocycles. The predicted molar refractivity (Wildman–Crippen MR) is 74.4 cm³/mol. The van der Waals surface area contributed by atoms with Crippen LogP contribution < -0.4 is 5.32 Å². The zero-order chi connectivity index (χ0) is 13.2. The Labute approximate surface area is 111 Å². The van der Waals surface area contributed by atoms with Crippen molar-refractivity contribution >= 4 is 9.84 Å². The van der Waals surface area contributed by atoms with E-state index in [-0.39, 0.29) is 6.04 Å². The Bertz CT molecular complexity index is 367. The van der Waals surface area contributed by atoms with Crippen molar-refractivity contribution in [3.63, 3.8) is 0 Å². The van der Waals surface area contributed by atoms with Gasteiger partial charge in [0.15, 0.2) is 9.84 Å². The summed E-state index contributed by atoms with van der Waals surface area (Å²) >= 11 is 0. The number of nitrogens with one attached hydrogen (secondary N) is 1. The lowest BCUT2D eigenvalue weighted by atomic mass is 9.95. The molecular weight excluding hydrogens is 248 g/mol. The summed E-state index contributed by atoms with van der Waals surface area (Å²) in [6.45, 7) is 8.63. The second-order valence-corrected chi connectivity index (χ2v) is 8.38. The molecule has 2 aliphatic rings. The molecule has 2 aliphatic heterocycles. The Morgan fingerprint density at radius 3 is 2.78 bits per heavy atom. The molecule has 2 rings (SSSR count). The molecule has 0 aromatic heterocycles. The van der Waals surface area contributed by atoms with E-state index in [9.17, 15) is 8.42 Å². The van der Waals surface area contributed by atoms with Crippen LogP contribution in [0.4, 0.5) is 0 Å². The fourth-order valence-electron chi connectivity index (χ4n) is 3.00. The summed E-state index contributed by atoms with van der Waals surface area (Å²) in [6.07, 6.45) is 2.26. The highest BCUT2D eigenvalue weighted by atomic mass is 32.2. The van der Waals surface area contributed by atoms with Crippen LogP contribution in [-0.2, 0) is 9.84 Å². The number of hydrogen-bond acceptors (Lipinski definition) is 4. The van der Waals surface area contributed by atoms with Crippen LogP contribution in [0.25, 0.3) is 0 Å². The largest absolute Gasteiger partial charge is 0.312 e. The Balaban J connectivity index is 1.72. The van der Waals surface area contributed by atoms with Gasteiger partial charge in [0.1, 0.15) is 0 Å². The lowest BCUT2D eigenvalue weighted by Crippen LogP contribution is -2.46. The van der Waals surface area contributed by atoms with Crippen LogP contribution in [0.1, 0.15) is 26.7 Å². The number of rotatable bonds is 4. The van der Waals surface area contributed by atoms with E-state index in [1.807, 2.05) is 0 Å². The molecule has 5 heteroatoms. The lowest BCUT2D eigenvalue weighted by molar-refractivity contribution is 0.287. The van der Waals surface area contributed by atoms with E-state index in [1.165, 1.54) is 19.5 Å². The quantitative estimate of drug-likeness (QED) is 0.821. The van der Waals surface area contributed by atoms with Gasteiger partial charge in [-0.05, 0) is 37.8 Å². The van der Waals surface area contributed by atoms with Crippen molar-refractivity contribution in [2.75, 3.05) is 37.7 Å². The first-order valence-corrected chi connectivity index (χ1v) is 8.94. The Hall–Kier alpha value is -0.130. The summed E-state index contributed by atoms with van der Waals surface area (Å²) in [5.41, 5.74) is 0. The van der Waals surface area contributed by atoms with E-state index in [1.54, 1.807) is 0 Å². The van der Waals surface area contributed by atoms with Crippen LogP contribution in [0.5, 0.6) is 0 Å². The molecule has 0 spiro atoms. The molecule has 2 heterocycles. The van der Waals surface area contributed by atoms with E-state index in [2.05, 4.69) is 24.1 Å². The van der Waals surface area contributed by atoms with Gasteiger partial charge in [0.2, 0.25) is 0 Å². The molecule has 0 aliphatic carbocycles. The first-order valence-electron chi connectivity index (χ1n) is 7.12. The highest BCUT2D eigenvalue weighted by molar-refractivity contribution is 7.91. The van der Waals surface area contributed by atoms with Gasteiger partial charge >= 0.3 is 0 Å². The molecule has 0 amide bonds. The fourth-order valence-corrected chi connectivity index (χ4v) is 4.49. The van der Waals surface area contributed by atoms with Crippen LogP contribution in [0.2, 0.25) is 0 Å². The van der Waals surface area contributed by atoms with Crippen LogP contribution in [-0.4, -0.2) is 57.0 Å². The molecule has 0 aromatic carbocycles. The summed E-state index contributed by atoms with van der Waals surface area (Å²) in [5, 5.41) is 3.33. The van der Waals surface area contributed by atoms with Crippen LogP contribution in [0.15, 0.2) is 0 Å². The van der Waals surface area contributed by atoms with Gasteiger partial charge in [-0.1, -0.05) is 13.8 Å². The topological polar surface area (TPSA) is 49.4 Å². The zero-order valence-electron chi connectivity index (χ0n) is 11.6. The van der Waals surface area contributed by atoms with Crippen LogP contribution in [0.3, 0.4) is 0 Å². The Morgan fingerprint density at radius 1 is 1.39 bits per heavy atom. The SMILES string of the molecule is CC(C)C1CCN(CCC2CS(=O)(=O)CCN2)C1. The molecule has 4 nitrogen and oxygen atoms in total. The zero-order valence-corrected chi connectivity index (χ0v) is 12.4. The first-order chi connectivity index (χ1) is 8.46. The minimum Gasteiger partial charge on any atom is -0.312 e. The minimum absolute atomic E-state index is 0.168. The number of nitrogens with zero attached hydrogens (tertiary/aromatic N) is 1. The second-order valence-electron chi connectivity index (χ2n) is 6.15. The molecule has 2 unspecified atom stereocenters. The van der Waals surface area contributed by atoms with Crippen molar-refractivity contribution in [1.29, 1.82) is 0 Å². The maximum Gasteiger partial charge on any atom is 0.153 e. The van der Waals surface area contributed by atoms with Gasteiger partial charge in [0.25, 0.3) is 0 Å². The van der Waals surface area contributed by atoms with Crippen LogP contribution in [0, 0.1) is 11.8 Å². The van der Waals surface area contributed by atoms with Gasteiger partial charge in [-0.15, -0.1) is 0 Å². The van der Waals surface area contributed by atoms with E-state index in [4.69, 9.17) is 0 Å². The molecule has 0 radical (unpaired) electrons. The molecule has 1 N–H and O–H groups in total. The molecule has 0 saturated carbocycles. The number of likely N-dealkylation sites (tertiary alicyclic amines) is 1. The molecule has 0 bridgehead atoms. The van der Waals surface area contributed by atoms with Crippen molar-refractivity contribution in [1.82, 2.24) is 10.2 Å². The Morgan fingerprint density at radius 2 is 2.17 bits per heavy atom. The highest BCUT2D eigenvalue weighted by Crippen LogP contribution is 2.23. The van der Waals surface area contributed by atoms with Gasteiger partial charge in [-0.25, -0.2) is 8.42 Å². The average Bonchev–Trinajstić information content (AvgIpc) is 2.74. The fraction of sp³-hybridized carbons (Fsp3) is 1.00. The minimum atomic E-state index is -2.78. The van der Waals surface area contributed by atoms with Gasteiger partial charge in [0.05, 0.1) is 11.5 Å². The van der Waals surface area contributed by atoms with Gasteiger partial charge in [0, 0.05) is 19.1 Å². The van der Waals surface area contributed by atoms with Gasteiger partial charge in [-0.2, -0.15) is 0 Å². The summed E-state index contributed by atoms with van der Waals surface area (Å²) in [4.78, 5) is 2.49. The third-order valence-electron chi connectivity index (χ3n) is 4.35. The maximum atomic E-state index is 11.5. The summed E-state index contributed by atoms with van der Waals surface area (Å²) < 4.78 is 23.1. The summed E-state index contributed by atoms with van der Waals surface area (Å²) in [7, 11) is -2.78. The molecule has 106 valence electrons. The van der Waals surface area contributed by atoms with E-state index >= 15 is 0 Å². The summed E-state index contributed by atoms with van der Waals surface area (Å²) in [5.74, 6) is 2.23. The van der Waals surface area contributed by atoms with Crippen molar-refractivity contribution in [2.45, 2.75) is 32.7 Å². The third-order valence-corrected chi connectivity index (χ3v) is 6.08. The van der Waals surface area contributed by atoms with E-state index < -0.39 is 9.84 Å². The van der Waals surface area contributed by atoms with Crippen molar-refractivity contribution in [3.05, 3.63) is 0 Å². The molecule has 2 fully saturated rings. The number of hydrogen-bond donors (Lipinski definition) is 1. The summed E-state index contributed by atoms with van der Waals surface area (Å²) in [6, 6.07) is 0.168. The molecular formula is C13H26N2O2S. The normalized spacial score (nSPS) is 33.1. The predicted octanol–water partition coefficient (Wildman–Crippen LogP) is 0.741. The standard InChI is InChI=1S/C13H26N2O2S/c1-11(2)12-3-6-15(9-12)7-4-13-10-18(16,17)8-5-14-13/h11-14H,3-10H2,1-2H3. The molecule has 0 aromatic rings. The van der Waals surface area contributed by atoms with Gasteiger partial charge in [-0.3, -0.25) is 0 Å². The van der Waals surface area contributed by atoms with Crippen molar-refractivity contribution in [3.8, 4) is 0 Å². The number of sulfone groups is 1. The third kappa shape index (κ3) is 3.93. The second kappa shape index (κ2) is 5.88. The maximum absolute atomic E-state index is 11.5. The van der Waals surface area contributed by atoms with Crippen LogP contribution >= 0.6 is 0 Å². The average molecular weight is 274 g/mol. The smallest absolute Gasteiger partial charge is 0.153 e. The van der Waals surface area contributed by atoms with E-state index in [0.717, 1.165) is 24.8 Å². The highest BCUT2D eigenvalue weighted by Gasteiger charge is 2.27. The van der Waals surface area contributed by atoms with Gasteiger partial charge < -0.3 is 10.2 Å². The van der Waals surface area contributed by atoms with Crippen molar-refractivity contribution in [2.24, 2.45) is 11.8 Å².